The van der Waals surface area contributed by atoms with Gasteiger partial charge in [0.15, 0.2) is 0 Å². The van der Waals surface area contributed by atoms with Gasteiger partial charge in [-0.1, -0.05) is 28.1 Å². The van der Waals surface area contributed by atoms with Crippen LogP contribution >= 0.6 is 15.9 Å². The van der Waals surface area contributed by atoms with Crippen molar-refractivity contribution >= 4 is 33.7 Å². The van der Waals surface area contributed by atoms with Crippen LogP contribution in [0.3, 0.4) is 0 Å². The maximum atomic E-state index is 10.8. The lowest BCUT2D eigenvalue weighted by Gasteiger charge is -2.04. The van der Waals surface area contributed by atoms with Crippen LogP contribution < -0.4 is 5.32 Å². The Morgan fingerprint density at radius 3 is 2.88 bits per heavy atom. The number of hydrogen-bond acceptors (Lipinski definition) is 2. The molecule has 3 nitrogen and oxygen atoms in total. The number of carbonyl (C=O) groups excluding carboxylic acids is 1. The summed E-state index contributed by atoms with van der Waals surface area (Å²) in [6.07, 6.45) is 5.13. The molecule has 1 N–H and O–H groups in total. The van der Waals surface area contributed by atoms with Gasteiger partial charge in [-0.25, -0.2) is 4.98 Å². The van der Waals surface area contributed by atoms with E-state index < -0.39 is 0 Å². The zero-order valence-corrected chi connectivity index (χ0v) is 11.0. The smallest absolute Gasteiger partial charge is 0.222 e. The zero-order valence-electron chi connectivity index (χ0n) is 9.46. The van der Waals surface area contributed by atoms with Gasteiger partial charge < -0.3 is 5.32 Å². The summed E-state index contributed by atoms with van der Waals surface area (Å²) in [6.45, 7) is 3.40. The summed E-state index contributed by atoms with van der Waals surface area (Å²) in [7, 11) is 0. The van der Waals surface area contributed by atoms with Crippen LogP contribution in [0.15, 0.2) is 18.2 Å². The summed E-state index contributed by atoms with van der Waals surface area (Å²) >= 11 is 3.37. The fourth-order valence-electron chi connectivity index (χ4n) is 1.27. The standard InChI is InChI=1S/C12H15BrN2O/c1-9-11(5-3-4-8-13)6-7-12(14-9)15-10(2)16/h3,5-7H,4,8H2,1-2H3,(H,14,15,16). The largest absolute Gasteiger partial charge is 0.311 e. The fourth-order valence-corrected chi connectivity index (χ4v) is 1.54. The van der Waals surface area contributed by atoms with Crippen molar-refractivity contribution in [3.05, 3.63) is 29.5 Å². The number of carbonyl (C=O) groups is 1. The Balaban J connectivity index is 2.79. The van der Waals surface area contributed by atoms with Crippen LogP contribution in [0.1, 0.15) is 24.6 Å². The first-order valence-corrected chi connectivity index (χ1v) is 6.23. The van der Waals surface area contributed by atoms with Crippen molar-refractivity contribution in [2.45, 2.75) is 20.3 Å². The van der Waals surface area contributed by atoms with Crippen LogP contribution in [0, 0.1) is 6.92 Å². The van der Waals surface area contributed by atoms with Crippen LogP contribution in [0.5, 0.6) is 0 Å². The molecule has 4 heteroatoms. The first-order valence-electron chi connectivity index (χ1n) is 5.11. The lowest BCUT2D eigenvalue weighted by molar-refractivity contribution is -0.114. The molecular formula is C12H15BrN2O. The van der Waals surface area contributed by atoms with E-state index in [1.54, 1.807) is 0 Å². The van der Waals surface area contributed by atoms with E-state index >= 15 is 0 Å². The second-order valence-corrected chi connectivity index (χ2v) is 4.23. The van der Waals surface area contributed by atoms with Crippen LogP contribution in [0.4, 0.5) is 5.82 Å². The molecule has 0 saturated heterocycles. The maximum absolute atomic E-state index is 10.8. The average Bonchev–Trinajstić information content (AvgIpc) is 2.20. The quantitative estimate of drug-likeness (QED) is 0.862. The highest BCUT2D eigenvalue weighted by Crippen LogP contribution is 2.12. The van der Waals surface area contributed by atoms with Gasteiger partial charge in [0.1, 0.15) is 5.82 Å². The summed E-state index contributed by atoms with van der Waals surface area (Å²) in [5.74, 6) is 0.497. The molecule has 0 fully saturated rings. The Bertz CT molecular complexity index is 402. The molecule has 0 saturated carbocycles. The van der Waals surface area contributed by atoms with E-state index in [0.717, 1.165) is 23.0 Å². The van der Waals surface area contributed by atoms with Gasteiger partial charge in [0, 0.05) is 17.9 Å². The SMILES string of the molecule is CC(=O)Nc1ccc(C=CCCBr)c(C)n1. The monoisotopic (exact) mass is 282 g/mol. The molecule has 86 valence electrons. The van der Waals surface area contributed by atoms with E-state index in [1.165, 1.54) is 6.92 Å². The molecule has 0 aromatic carbocycles. The Morgan fingerprint density at radius 2 is 2.31 bits per heavy atom. The number of aryl methyl sites for hydroxylation is 1. The second-order valence-electron chi connectivity index (χ2n) is 3.43. The number of anilines is 1. The predicted octanol–water partition coefficient (Wildman–Crippen LogP) is 3.15. The minimum atomic E-state index is -0.102. The minimum absolute atomic E-state index is 0.102. The number of allylic oxidation sites excluding steroid dienone is 1. The summed E-state index contributed by atoms with van der Waals surface area (Å²) in [4.78, 5) is 15.1. The third-order valence-corrected chi connectivity index (χ3v) is 2.46. The fraction of sp³-hybridized carbons (Fsp3) is 0.333. The van der Waals surface area contributed by atoms with Crippen molar-refractivity contribution in [3.63, 3.8) is 0 Å². The van der Waals surface area contributed by atoms with Crippen molar-refractivity contribution in [3.8, 4) is 0 Å². The van der Waals surface area contributed by atoms with Crippen molar-refractivity contribution in [1.29, 1.82) is 0 Å². The molecule has 0 aliphatic heterocycles. The first-order chi connectivity index (χ1) is 7.63. The van der Waals surface area contributed by atoms with Gasteiger partial charge in [0.25, 0.3) is 0 Å². The molecule has 0 radical (unpaired) electrons. The molecule has 0 aliphatic rings. The van der Waals surface area contributed by atoms with Crippen molar-refractivity contribution in [2.75, 3.05) is 10.6 Å². The van der Waals surface area contributed by atoms with Crippen molar-refractivity contribution in [2.24, 2.45) is 0 Å². The number of rotatable bonds is 4. The molecule has 1 aromatic heterocycles. The molecule has 0 aliphatic carbocycles. The van der Waals surface area contributed by atoms with Crippen LogP contribution in [-0.4, -0.2) is 16.2 Å². The highest BCUT2D eigenvalue weighted by Gasteiger charge is 2.00. The Kier molecular flexibility index (Phi) is 5.19. The first kappa shape index (κ1) is 12.9. The maximum Gasteiger partial charge on any atom is 0.222 e. The summed E-state index contributed by atoms with van der Waals surface area (Å²) < 4.78 is 0. The highest BCUT2D eigenvalue weighted by atomic mass is 79.9. The summed E-state index contributed by atoms with van der Waals surface area (Å²) in [6, 6.07) is 3.76. The molecule has 1 amide bonds. The Hall–Kier alpha value is -1.16. The van der Waals surface area contributed by atoms with Crippen molar-refractivity contribution < 1.29 is 4.79 Å². The van der Waals surface area contributed by atoms with Crippen LogP contribution in [-0.2, 0) is 4.79 Å². The van der Waals surface area contributed by atoms with E-state index in [1.807, 2.05) is 25.1 Å². The summed E-state index contributed by atoms with van der Waals surface area (Å²) in [5.41, 5.74) is 1.99. The van der Waals surface area contributed by atoms with Gasteiger partial charge in [-0.05, 0) is 31.0 Å². The lowest BCUT2D eigenvalue weighted by atomic mass is 10.2. The molecule has 1 rings (SSSR count). The van der Waals surface area contributed by atoms with E-state index in [2.05, 4.69) is 32.3 Å². The van der Waals surface area contributed by atoms with E-state index in [4.69, 9.17) is 0 Å². The van der Waals surface area contributed by atoms with E-state index in [9.17, 15) is 4.79 Å². The Labute approximate surface area is 104 Å². The third-order valence-electron chi connectivity index (χ3n) is 2.00. The number of aromatic nitrogens is 1. The third kappa shape index (κ3) is 4.14. The normalized spacial score (nSPS) is 10.7. The average molecular weight is 283 g/mol. The number of hydrogen-bond donors (Lipinski definition) is 1. The number of amides is 1. The van der Waals surface area contributed by atoms with Crippen LogP contribution in [0.2, 0.25) is 0 Å². The number of pyridine rings is 1. The molecule has 0 unspecified atom stereocenters. The van der Waals surface area contributed by atoms with E-state index in [-0.39, 0.29) is 5.91 Å². The number of alkyl halides is 1. The highest BCUT2D eigenvalue weighted by molar-refractivity contribution is 9.09. The molecule has 0 bridgehead atoms. The van der Waals surface area contributed by atoms with Gasteiger partial charge in [-0.2, -0.15) is 0 Å². The molecular weight excluding hydrogens is 268 g/mol. The van der Waals surface area contributed by atoms with Gasteiger partial charge >= 0.3 is 0 Å². The zero-order chi connectivity index (χ0) is 12.0. The van der Waals surface area contributed by atoms with Crippen LogP contribution in [0.25, 0.3) is 6.08 Å². The lowest BCUT2D eigenvalue weighted by Crippen LogP contribution is -2.08. The Morgan fingerprint density at radius 1 is 1.56 bits per heavy atom. The van der Waals surface area contributed by atoms with Gasteiger partial charge in [-0.15, -0.1) is 0 Å². The minimum Gasteiger partial charge on any atom is -0.311 e. The molecule has 1 heterocycles. The molecule has 0 atom stereocenters. The molecule has 1 aromatic rings. The molecule has 16 heavy (non-hydrogen) atoms. The van der Waals surface area contributed by atoms with Gasteiger partial charge in [0.2, 0.25) is 5.91 Å². The van der Waals surface area contributed by atoms with Crippen molar-refractivity contribution in [1.82, 2.24) is 4.98 Å². The topological polar surface area (TPSA) is 42.0 Å². The predicted molar refractivity (Wildman–Crippen MR) is 70.7 cm³/mol. The number of halogens is 1. The van der Waals surface area contributed by atoms with E-state index in [0.29, 0.717) is 5.82 Å². The molecule has 0 spiro atoms. The van der Waals surface area contributed by atoms with Gasteiger partial charge in [0.05, 0.1) is 0 Å². The summed E-state index contributed by atoms with van der Waals surface area (Å²) in [5, 5.41) is 3.62. The second kappa shape index (κ2) is 6.43. The van der Waals surface area contributed by atoms with Gasteiger partial charge in [-0.3, -0.25) is 4.79 Å². The number of nitrogens with one attached hydrogen (secondary N) is 1. The number of nitrogens with zero attached hydrogens (tertiary/aromatic N) is 1.